The summed E-state index contributed by atoms with van der Waals surface area (Å²) in [5.41, 5.74) is -2.65. The van der Waals surface area contributed by atoms with Crippen LogP contribution in [0.15, 0.2) is 30.3 Å². The van der Waals surface area contributed by atoms with Crippen LogP contribution in [0.2, 0.25) is 0 Å². The summed E-state index contributed by atoms with van der Waals surface area (Å²) < 4.78 is 46.3. The van der Waals surface area contributed by atoms with E-state index >= 15 is 0 Å². The van der Waals surface area contributed by atoms with Crippen LogP contribution in [-0.4, -0.2) is 6.09 Å². The molecule has 1 N–H and O–H groups in total. The third-order valence-electron chi connectivity index (χ3n) is 2.98. The van der Waals surface area contributed by atoms with Crippen LogP contribution in [0.5, 0.6) is 0 Å². The second kappa shape index (κ2) is 7.16. The quantitative estimate of drug-likeness (QED) is 0.871. The smallest absolute Gasteiger partial charge is 0.412 e. The zero-order chi connectivity index (χ0) is 17.7. The summed E-state index contributed by atoms with van der Waals surface area (Å²) in [6.07, 6.45) is -1.25. The van der Waals surface area contributed by atoms with Gasteiger partial charge in [0.1, 0.15) is 35.6 Å². The number of hydrogen-bond donors (Lipinski definition) is 1. The number of ether oxygens (including phenoxy) is 1. The first-order valence-electron chi connectivity index (χ1n) is 6.48. The van der Waals surface area contributed by atoms with Gasteiger partial charge in [-0.05, 0) is 5.56 Å². The summed E-state index contributed by atoms with van der Waals surface area (Å²) in [6.45, 7) is -0.181. The van der Waals surface area contributed by atoms with Crippen LogP contribution in [0.3, 0.4) is 0 Å². The molecule has 2 rings (SSSR count). The highest BCUT2D eigenvalue weighted by atomic mass is 19.2. The number of benzene rings is 2. The highest BCUT2D eigenvalue weighted by molar-refractivity contribution is 5.85. The van der Waals surface area contributed by atoms with Gasteiger partial charge in [-0.15, -0.1) is 0 Å². The van der Waals surface area contributed by atoms with Crippen molar-refractivity contribution in [2.75, 3.05) is 5.32 Å². The molecule has 0 atom stereocenters. The predicted molar refractivity (Wildman–Crippen MR) is 76.0 cm³/mol. The van der Waals surface area contributed by atoms with E-state index in [9.17, 15) is 18.0 Å². The van der Waals surface area contributed by atoms with E-state index in [0.29, 0.717) is 5.56 Å². The molecule has 0 heterocycles. The van der Waals surface area contributed by atoms with Crippen molar-refractivity contribution in [1.82, 2.24) is 0 Å². The number of rotatable bonds is 3. The van der Waals surface area contributed by atoms with Gasteiger partial charge >= 0.3 is 6.09 Å². The van der Waals surface area contributed by atoms with E-state index in [4.69, 9.17) is 15.3 Å². The zero-order valence-corrected chi connectivity index (χ0v) is 11.9. The monoisotopic (exact) mass is 331 g/mol. The summed E-state index contributed by atoms with van der Waals surface area (Å²) >= 11 is 0. The number of carbonyl (C=O) groups is 1. The van der Waals surface area contributed by atoms with Gasteiger partial charge in [0.25, 0.3) is 0 Å². The van der Waals surface area contributed by atoms with Crippen molar-refractivity contribution in [2.24, 2.45) is 0 Å². The van der Waals surface area contributed by atoms with Crippen LogP contribution in [-0.2, 0) is 11.3 Å². The van der Waals surface area contributed by atoms with Gasteiger partial charge in [0, 0.05) is 0 Å². The van der Waals surface area contributed by atoms with Crippen molar-refractivity contribution >= 4 is 11.8 Å². The van der Waals surface area contributed by atoms with Crippen molar-refractivity contribution in [3.63, 3.8) is 0 Å². The molecule has 0 spiro atoms. The SMILES string of the molecule is N#Cc1c(F)c(F)c(NC(=O)OCc2ccccc2)c(F)c1C#N. The van der Waals surface area contributed by atoms with Gasteiger partial charge in [-0.3, -0.25) is 5.32 Å². The maximum absolute atomic E-state index is 14.0. The van der Waals surface area contributed by atoms with Gasteiger partial charge in [0.2, 0.25) is 0 Å². The van der Waals surface area contributed by atoms with E-state index in [1.165, 1.54) is 12.1 Å². The van der Waals surface area contributed by atoms with E-state index in [1.54, 1.807) is 35.6 Å². The van der Waals surface area contributed by atoms with Gasteiger partial charge in [-0.25, -0.2) is 18.0 Å². The van der Waals surface area contributed by atoms with Crippen LogP contribution in [0.4, 0.5) is 23.7 Å². The lowest BCUT2D eigenvalue weighted by Crippen LogP contribution is -2.17. The van der Waals surface area contributed by atoms with E-state index in [0.717, 1.165) is 0 Å². The standard InChI is InChI=1S/C16H8F3N3O2/c17-12-10(6-20)11(7-21)13(18)15(14(12)19)22-16(23)24-8-9-4-2-1-3-5-9/h1-5H,8H2,(H,22,23). The first-order chi connectivity index (χ1) is 11.5. The molecule has 0 saturated heterocycles. The van der Waals surface area contributed by atoms with Gasteiger partial charge in [0.05, 0.1) is 0 Å². The molecule has 8 heteroatoms. The largest absolute Gasteiger partial charge is 0.444 e. The minimum atomic E-state index is -1.79. The molecule has 0 saturated carbocycles. The minimum absolute atomic E-state index is 0.181. The molecule has 2 aromatic rings. The third-order valence-corrected chi connectivity index (χ3v) is 2.98. The molecule has 0 aliphatic rings. The lowest BCUT2D eigenvalue weighted by atomic mass is 10.1. The van der Waals surface area contributed by atoms with Crippen molar-refractivity contribution in [2.45, 2.75) is 6.61 Å². The van der Waals surface area contributed by atoms with Gasteiger partial charge in [0.15, 0.2) is 17.5 Å². The van der Waals surface area contributed by atoms with E-state index in [2.05, 4.69) is 0 Å². The molecule has 0 unspecified atom stereocenters. The molecule has 0 aromatic heterocycles. The van der Waals surface area contributed by atoms with Crippen LogP contribution in [0.1, 0.15) is 16.7 Å². The van der Waals surface area contributed by atoms with Crippen LogP contribution in [0.25, 0.3) is 0 Å². The lowest BCUT2D eigenvalue weighted by Gasteiger charge is -2.11. The molecule has 0 fully saturated rings. The number of hydrogen-bond acceptors (Lipinski definition) is 4. The lowest BCUT2D eigenvalue weighted by molar-refractivity contribution is 0.155. The second-order valence-corrected chi connectivity index (χ2v) is 4.48. The molecular weight excluding hydrogens is 323 g/mol. The minimum Gasteiger partial charge on any atom is -0.444 e. The highest BCUT2D eigenvalue weighted by Crippen LogP contribution is 2.28. The highest BCUT2D eigenvalue weighted by Gasteiger charge is 2.26. The fourth-order valence-corrected chi connectivity index (χ4v) is 1.84. The first kappa shape index (κ1) is 16.8. The number of halogens is 3. The average molecular weight is 331 g/mol. The molecule has 120 valence electrons. The Hall–Kier alpha value is -3.52. The Morgan fingerprint density at radius 1 is 1.00 bits per heavy atom. The Bertz CT molecular complexity index is 871. The molecular formula is C16H8F3N3O2. The molecule has 24 heavy (non-hydrogen) atoms. The average Bonchev–Trinajstić information content (AvgIpc) is 2.60. The van der Waals surface area contributed by atoms with Crippen LogP contribution in [0, 0.1) is 40.1 Å². The van der Waals surface area contributed by atoms with Crippen molar-refractivity contribution in [3.05, 3.63) is 64.5 Å². The Morgan fingerprint density at radius 2 is 1.58 bits per heavy atom. The number of nitrogens with zero attached hydrogens (tertiary/aromatic N) is 2. The molecule has 1 amide bonds. The fraction of sp³-hybridized carbons (Fsp3) is 0.0625. The molecule has 0 radical (unpaired) electrons. The first-order valence-corrected chi connectivity index (χ1v) is 6.48. The summed E-state index contributed by atoms with van der Waals surface area (Å²) in [7, 11) is 0. The normalized spacial score (nSPS) is 9.71. The van der Waals surface area contributed by atoms with E-state index in [1.807, 2.05) is 0 Å². The molecule has 0 aliphatic heterocycles. The Balaban J connectivity index is 2.24. The van der Waals surface area contributed by atoms with Gasteiger partial charge < -0.3 is 4.74 Å². The third kappa shape index (κ3) is 3.28. The zero-order valence-electron chi connectivity index (χ0n) is 11.9. The Morgan fingerprint density at radius 3 is 2.17 bits per heavy atom. The number of nitriles is 2. The van der Waals surface area contributed by atoms with Crippen LogP contribution < -0.4 is 5.32 Å². The van der Waals surface area contributed by atoms with E-state index in [-0.39, 0.29) is 6.61 Å². The maximum atomic E-state index is 14.0. The number of carbonyl (C=O) groups excluding carboxylic acids is 1. The predicted octanol–water partition coefficient (Wildman–Crippen LogP) is 3.60. The summed E-state index contributed by atoms with van der Waals surface area (Å²) in [5.74, 6) is -5.07. The van der Waals surface area contributed by atoms with Gasteiger partial charge in [-0.1, -0.05) is 30.3 Å². The Labute approximate surface area is 134 Å². The van der Waals surface area contributed by atoms with Crippen molar-refractivity contribution < 1.29 is 22.7 Å². The van der Waals surface area contributed by atoms with Gasteiger partial charge in [-0.2, -0.15) is 10.5 Å². The number of amides is 1. The summed E-state index contributed by atoms with van der Waals surface area (Å²) in [5, 5.41) is 19.2. The Kier molecular flexibility index (Phi) is 5.03. The summed E-state index contributed by atoms with van der Waals surface area (Å²) in [4.78, 5) is 11.6. The van der Waals surface area contributed by atoms with E-state index < -0.39 is 40.4 Å². The topological polar surface area (TPSA) is 85.9 Å². The molecule has 5 nitrogen and oxygen atoms in total. The molecule has 2 aromatic carbocycles. The van der Waals surface area contributed by atoms with Crippen molar-refractivity contribution in [1.29, 1.82) is 10.5 Å². The molecule has 0 aliphatic carbocycles. The maximum Gasteiger partial charge on any atom is 0.412 e. The fourth-order valence-electron chi connectivity index (χ4n) is 1.84. The number of anilines is 1. The summed E-state index contributed by atoms with van der Waals surface area (Å²) in [6, 6.07) is 10.9. The van der Waals surface area contributed by atoms with Crippen molar-refractivity contribution in [3.8, 4) is 12.1 Å². The second-order valence-electron chi connectivity index (χ2n) is 4.48. The molecule has 0 bridgehead atoms. The number of nitrogens with one attached hydrogen (secondary N) is 1. The van der Waals surface area contributed by atoms with Crippen LogP contribution >= 0.6 is 0 Å².